The molecular weight excluding hydrogens is 200 g/mol. The number of rotatable bonds is 1. The van der Waals surface area contributed by atoms with Crippen molar-refractivity contribution in [3.05, 3.63) is 24.3 Å². The van der Waals surface area contributed by atoms with Gasteiger partial charge in [-0.2, -0.15) is 0 Å². The number of carbonyl (C=O) groups excluding carboxylic acids is 1. The molecule has 2 rings (SSSR count). The standard InChI is InChI=1S/C13H18N2O/c1-10(2)13(16)15-9-5-8-14-11-6-3-4-7-12(11)15/h3-4,6-7,10,14H,5,8-9H2,1-2H3. The zero-order chi connectivity index (χ0) is 11.5. The van der Waals surface area contributed by atoms with E-state index in [0.717, 1.165) is 30.9 Å². The number of benzene rings is 1. The van der Waals surface area contributed by atoms with E-state index in [-0.39, 0.29) is 11.8 Å². The minimum absolute atomic E-state index is 0.0474. The Kier molecular flexibility index (Phi) is 3.13. The van der Waals surface area contributed by atoms with E-state index >= 15 is 0 Å². The Hall–Kier alpha value is -1.51. The van der Waals surface area contributed by atoms with Crippen molar-refractivity contribution in [2.75, 3.05) is 23.3 Å². The van der Waals surface area contributed by atoms with Gasteiger partial charge in [-0.3, -0.25) is 4.79 Å². The third kappa shape index (κ3) is 2.03. The number of hydrogen-bond donors (Lipinski definition) is 1. The van der Waals surface area contributed by atoms with Crippen molar-refractivity contribution < 1.29 is 4.79 Å². The molecule has 3 heteroatoms. The summed E-state index contributed by atoms with van der Waals surface area (Å²) in [7, 11) is 0. The molecule has 16 heavy (non-hydrogen) atoms. The second kappa shape index (κ2) is 4.56. The quantitative estimate of drug-likeness (QED) is 0.785. The van der Waals surface area contributed by atoms with Crippen LogP contribution in [0.2, 0.25) is 0 Å². The molecule has 1 aliphatic heterocycles. The normalized spacial score (nSPS) is 15.3. The summed E-state index contributed by atoms with van der Waals surface area (Å²) in [4.78, 5) is 14.0. The molecule has 0 bridgehead atoms. The fourth-order valence-corrected chi connectivity index (χ4v) is 1.98. The third-order valence-electron chi connectivity index (χ3n) is 2.83. The zero-order valence-corrected chi connectivity index (χ0v) is 9.86. The fraction of sp³-hybridized carbons (Fsp3) is 0.462. The van der Waals surface area contributed by atoms with Gasteiger partial charge in [-0.05, 0) is 18.6 Å². The van der Waals surface area contributed by atoms with E-state index < -0.39 is 0 Å². The summed E-state index contributed by atoms with van der Waals surface area (Å²) < 4.78 is 0. The Balaban J connectivity index is 2.36. The molecule has 0 saturated heterocycles. The molecule has 0 fully saturated rings. The minimum atomic E-state index is 0.0474. The maximum atomic E-state index is 12.1. The van der Waals surface area contributed by atoms with E-state index in [1.807, 2.05) is 43.0 Å². The molecular formula is C13H18N2O. The highest BCUT2D eigenvalue weighted by molar-refractivity contribution is 5.97. The Morgan fingerprint density at radius 2 is 2.12 bits per heavy atom. The molecule has 1 aromatic carbocycles. The third-order valence-corrected chi connectivity index (χ3v) is 2.83. The number of fused-ring (bicyclic) bond motifs is 1. The molecule has 1 N–H and O–H groups in total. The summed E-state index contributed by atoms with van der Waals surface area (Å²) in [6, 6.07) is 8.01. The van der Waals surface area contributed by atoms with Crippen molar-refractivity contribution in [2.45, 2.75) is 20.3 Å². The van der Waals surface area contributed by atoms with Gasteiger partial charge in [0.05, 0.1) is 11.4 Å². The largest absolute Gasteiger partial charge is 0.383 e. The van der Waals surface area contributed by atoms with E-state index in [9.17, 15) is 4.79 Å². The first-order valence-corrected chi connectivity index (χ1v) is 5.84. The van der Waals surface area contributed by atoms with Crippen molar-refractivity contribution >= 4 is 17.3 Å². The van der Waals surface area contributed by atoms with Crippen LogP contribution in [0.5, 0.6) is 0 Å². The van der Waals surface area contributed by atoms with Crippen LogP contribution in [-0.4, -0.2) is 19.0 Å². The second-order valence-electron chi connectivity index (χ2n) is 4.44. The van der Waals surface area contributed by atoms with Gasteiger partial charge in [0, 0.05) is 19.0 Å². The molecule has 1 heterocycles. The molecule has 0 atom stereocenters. The van der Waals surface area contributed by atoms with Crippen LogP contribution in [0.3, 0.4) is 0 Å². The molecule has 0 aromatic heterocycles. The molecule has 0 spiro atoms. The van der Waals surface area contributed by atoms with Gasteiger partial charge in [-0.25, -0.2) is 0 Å². The van der Waals surface area contributed by atoms with Crippen LogP contribution < -0.4 is 10.2 Å². The lowest BCUT2D eigenvalue weighted by atomic mass is 10.1. The fourth-order valence-electron chi connectivity index (χ4n) is 1.98. The van der Waals surface area contributed by atoms with Gasteiger partial charge in [0.2, 0.25) is 5.91 Å². The Bertz CT molecular complexity index is 387. The van der Waals surface area contributed by atoms with Gasteiger partial charge in [0.15, 0.2) is 0 Å². The summed E-state index contributed by atoms with van der Waals surface area (Å²) in [6.07, 6.45) is 0.993. The highest BCUT2D eigenvalue weighted by Crippen LogP contribution is 2.28. The summed E-state index contributed by atoms with van der Waals surface area (Å²) in [5.41, 5.74) is 2.08. The van der Waals surface area contributed by atoms with Crippen molar-refractivity contribution in [2.24, 2.45) is 5.92 Å². The molecule has 1 aliphatic rings. The summed E-state index contributed by atoms with van der Waals surface area (Å²) in [5, 5.41) is 3.35. The van der Waals surface area contributed by atoms with Crippen LogP contribution in [0.1, 0.15) is 20.3 Å². The van der Waals surface area contributed by atoms with Gasteiger partial charge in [-0.1, -0.05) is 26.0 Å². The maximum Gasteiger partial charge on any atom is 0.229 e. The molecule has 86 valence electrons. The summed E-state index contributed by atoms with van der Waals surface area (Å²) in [5.74, 6) is 0.252. The molecule has 0 aliphatic carbocycles. The van der Waals surface area contributed by atoms with Crippen molar-refractivity contribution in [1.29, 1.82) is 0 Å². The predicted octanol–water partition coefficient (Wildman–Crippen LogP) is 2.49. The Labute approximate surface area is 96.5 Å². The molecule has 1 amide bonds. The highest BCUT2D eigenvalue weighted by Gasteiger charge is 2.22. The summed E-state index contributed by atoms with van der Waals surface area (Å²) >= 11 is 0. The van der Waals surface area contributed by atoms with Crippen LogP contribution in [0.25, 0.3) is 0 Å². The molecule has 0 unspecified atom stereocenters. The van der Waals surface area contributed by atoms with Crippen LogP contribution >= 0.6 is 0 Å². The Morgan fingerprint density at radius 3 is 2.88 bits per heavy atom. The van der Waals surface area contributed by atoms with Crippen molar-refractivity contribution in [1.82, 2.24) is 0 Å². The lowest BCUT2D eigenvalue weighted by Crippen LogP contribution is -2.34. The van der Waals surface area contributed by atoms with E-state index in [1.165, 1.54) is 0 Å². The first-order chi connectivity index (χ1) is 7.70. The first-order valence-electron chi connectivity index (χ1n) is 5.84. The van der Waals surface area contributed by atoms with E-state index in [4.69, 9.17) is 0 Å². The van der Waals surface area contributed by atoms with E-state index in [2.05, 4.69) is 5.32 Å². The lowest BCUT2D eigenvalue weighted by molar-refractivity contribution is -0.121. The van der Waals surface area contributed by atoms with Crippen molar-refractivity contribution in [3.8, 4) is 0 Å². The van der Waals surface area contributed by atoms with Gasteiger partial charge in [0.1, 0.15) is 0 Å². The van der Waals surface area contributed by atoms with Gasteiger partial charge in [0.25, 0.3) is 0 Å². The Morgan fingerprint density at radius 1 is 1.38 bits per heavy atom. The number of carbonyl (C=O) groups is 1. The van der Waals surface area contributed by atoms with Crippen molar-refractivity contribution in [3.63, 3.8) is 0 Å². The average molecular weight is 218 g/mol. The molecule has 0 saturated carbocycles. The zero-order valence-electron chi connectivity index (χ0n) is 9.86. The smallest absolute Gasteiger partial charge is 0.229 e. The van der Waals surface area contributed by atoms with E-state index in [0.29, 0.717) is 0 Å². The minimum Gasteiger partial charge on any atom is -0.383 e. The van der Waals surface area contributed by atoms with Crippen LogP contribution in [0.4, 0.5) is 11.4 Å². The molecule has 0 radical (unpaired) electrons. The number of para-hydroxylation sites is 2. The summed E-state index contributed by atoms with van der Waals surface area (Å²) in [6.45, 7) is 5.63. The van der Waals surface area contributed by atoms with Gasteiger partial charge < -0.3 is 10.2 Å². The molecule has 3 nitrogen and oxygen atoms in total. The maximum absolute atomic E-state index is 12.1. The van der Waals surface area contributed by atoms with Crippen LogP contribution in [-0.2, 0) is 4.79 Å². The molecule has 1 aromatic rings. The SMILES string of the molecule is CC(C)C(=O)N1CCCNc2ccccc21. The van der Waals surface area contributed by atoms with Gasteiger partial charge >= 0.3 is 0 Å². The second-order valence-corrected chi connectivity index (χ2v) is 4.44. The number of anilines is 2. The average Bonchev–Trinajstić information content (AvgIpc) is 2.50. The number of hydrogen-bond acceptors (Lipinski definition) is 2. The monoisotopic (exact) mass is 218 g/mol. The topological polar surface area (TPSA) is 32.3 Å². The van der Waals surface area contributed by atoms with E-state index in [1.54, 1.807) is 0 Å². The lowest BCUT2D eigenvalue weighted by Gasteiger charge is -2.24. The number of amides is 1. The first kappa shape index (κ1) is 11.0. The van der Waals surface area contributed by atoms with Gasteiger partial charge in [-0.15, -0.1) is 0 Å². The number of nitrogens with zero attached hydrogens (tertiary/aromatic N) is 1. The predicted molar refractivity (Wildman–Crippen MR) is 66.7 cm³/mol. The number of nitrogens with one attached hydrogen (secondary N) is 1. The van der Waals surface area contributed by atoms with Crippen LogP contribution in [0.15, 0.2) is 24.3 Å². The highest BCUT2D eigenvalue weighted by atomic mass is 16.2. The van der Waals surface area contributed by atoms with Crippen LogP contribution in [0, 0.1) is 5.92 Å².